The number of carbonyl (C=O) groups is 1. The monoisotopic (exact) mass is 296 g/mol. The maximum atomic E-state index is 11.0. The van der Waals surface area contributed by atoms with E-state index in [1.807, 2.05) is 13.8 Å². The fourth-order valence-electron chi connectivity index (χ4n) is 1.89. The van der Waals surface area contributed by atoms with Crippen molar-refractivity contribution >= 4 is 11.7 Å². The third-order valence-electron chi connectivity index (χ3n) is 3.04. The van der Waals surface area contributed by atoms with Crippen molar-refractivity contribution in [3.8, 4) is 5.75 Å². The zero-order valence-corrected chi connectivity index (χ0v) is 12.2. The topological polar surface area (TPSA) is 102 Å². The average molecular weight is 296 g/mol. The molecular weight excluding hydrogens is 276 g/mol. The van der Waals surface area contributed by atoms with Crippen molar-refractivity contribution < 1.29 is 19.6 Å². The van der Waals surface area contributed by atoms with Crippen molar-refractivity contribution in [1.82, 2.24) is 5.32 Å². The lowest BCUT2D eigenvalue weighted by atomic mass is 10.1. The molecule has 0 aromatic heterocycles. The molecule has 0 aliphatic rings. The fourth-order valence-corrected chi connectivity index (χ4v) is 1.89. The number of carboxylic acids is 1. The Kier molecular flexibility index (Phi) is 6.61. The second-order valence-electron chi connectivity index (χ2n) is 4.50. The molecule has 0 aliphatic carbocycles. The van der Waals surface area contributed by atoms with Gasteiger partial charge in [0.2, 0.25) is 0 Å². The molecule has 1 aromatic carbocycles. The SMILES string of the molecule is CCNC(CCOc1ccc(CC)cc1[N+](=O)[O-])C(=O)O. The number of likely N-dealkylation sites (N-methyl/N-ethyl adjacent to an activating group) is 1. The second kappa shape index (κ2) is 8.21. The third kappa shape index (κ3) is 5.03. The number of hydrogen-bond donors (Lipinski definition) is 2. The fraction of sp³-hybridized carbons (Fsp3) is 0.500. The standard InChI is InChI=1S/C14H20N2O5/c1-3-10-5-6-13(12(9-10)16(19)20)21-8-7-11(14(17)18)15-4-2/h5-6,9,11,15H,3-4,7-8H2,1-2H3,(H,17,18). The number of aliphatic carboxylic acids is 1. The summed E-state index contributed by atoms with van der Waals surface area (Å²) in [6, 6.07) is 4.08. The van der Waals surface area contributed by atoms with Crippen LogP contribution in [0.1, 0.15) is 25.8 Å². The molecule has 0 fully saturated rings. The maximum absolute atomic E-state index is 11.0. The van der Waals surface area contributed by atoms with E-state index >= 15 is 0 Å². The van der Waals surface area contributed by atoms with E-state index in [4.69, 9.17) is 9.84 Å². The van der Waals surface area contributed by atoms with Gasteiger partial charge in [0.1, 0.15) is 6.04 Å². The quantitative estimate of drug-likeness (QED) is 0.533. The number of aryl methyl sites for hydroxylation is 1. The number of benzene rings is 1. The predicted octanol–water partition coefficient (Wildman–Crippen LogP) is 1.99. The molecule has 21 heavy (non-hydrogen) atoms. The Bertz CT molecular complexity index is 504. The molecular formula is C14H20N2O5. The summed E-state index contributed by atoms with van der Waals surface area (Å²) in [6.07, 6.45) is 0.929. The summed E-state index contributed by atoms with van der Waals surface area (Å²) >= 11 is 0. The molecule has 0 spiro atoms. The first-order chi connectivity index (χ1) is 9.99. The van der Waals surface area contributed by atoms with Crippen molar-refractivity contribution in [3.05, 3.63) is 33.9 Å². The van der Waals surface area contributed by atoms with Gasteiger partial charge in [0.05, 0.1) is 11.5 Å². The lowest BCUT2D eigenvalue weighted by molar-refractivity contribution is -0.385. The highest BCUT2D eigenvalue weighted by Crippen LogP contribution is 2.28. The van der Waals surface area contributed by atoms with E-state index < -0.39 is 16.9 Å². The summed E-state index contributed by atoms with van der Waals surface area (Å²) in [4.78, 5) is 21.5. The van der Waals surface area contributed by atoms with Gasteiger partial charge in [0, 0.05) is 12.5 Å². The van der Waals surface area contributed by atoms with Crippen molar-refractivity contribution in [2.45, 2.75) is 32.7 Å². The van der Waals surface area contributed by atoms with Gasteiger partial charge in [-0.25, -0.2) is 0 Å². The summed E-state index contributed by atoms with van der Waals surface area (Å²) in [5, 5.41) is 22.8. The number of nitrogens with one attached hydrogen (secondary N) is 1. The Morgan fingerprint density at radius 2 is 2.19 bits per heavy atom. The molecule has 7 heteroatoms. The maximum Gasteiger partial charge on any atom is 0.320 e. The molecule has 116 valence electrons. The lowest BCUT2D eigenvalue weighted by Crippen LogP contribution is -2.37. The number of nitro benzene ring substituents is 1. The highest BCUT2D eigenvalue weighted by atomic mass is 16.6. The zero-order chi connectivity index (χ0) is 15.8. The number of ether oxygens (including phenoxy) is 1. The first kappa shape index (κ1) is 16.9. The van der Waals surface area contributed by atoms with Gasteiger partial charge in [-0.2, -0.15) is 0 Å². The van der Waals surface area contributed by atoms with Crippen LogP contribution < -0.4 is 10.1 Å². The highest BCUT2D eigenvalue weighted by molar-refractivity contribution is 5.73. The van der Waals surface area contributed by atoms with Crippen molar-refractivity contribution in [1.29, 1.82) is 0 Å². The van der Waals surface area contributed by atoms with Gasteiger partial charge in [-0.15, -0.1) is 0 Å². The molecule has 0 amide bonds. The van der Waals surface area contributed by atoms with E-state index in [1.165, 1.54) is 6.07 Å². The normalized spacial score (nSPS) is 11.9. The predicted molar refractivity (Wildman–Crippen MR) is 77.7 cm³/mol. The van der Waals surface area contributed by atoms with Crippen LogP contribution in [0, 0.1) is 10.1 Å². The molecule has 1 aromatic rings. The van der Waals surface area contributed by atoms with Gasteiger partial charge in [-0.3, -0.25) is 14.9 Å². The highest BCUT2D eigenvalue weighted by Gasteiger charge is 2.18. The van der Waals surface area contributed by atoms with Gasteiger partial charge in [0.25, 0.3) is 0 Å². The van der Waals surface area contributed by atoms with Crippen molar-refractivity contribution in [2.75, 3.05) is 13.2 Å². The summed E-state index contributed by atoms with van der Waals surface area (Å²) in [6.45, 7) is 4.34. The Morgan fingerprint density at radius 1 is 1.48 bits per heavy atom. The van der Waals surface area contributed by atoms with Crippen LogP contribution in [0.15, 0.2) is 18.2 Å². The van der Waals surface area contributed by atoms with Crippen LogP contribution in [0.4, 0.5) is 5.69 Å². The summed E-state index contributed by atoms with van der Waals surface area (Å²) in [7, 11) is 0. The van der Waals surface area contributed by atoms with Gasteiger partial charge >= 0.3 is 11.7 Å². The van der Waals surface area contributed by atoms with E-state index in [-0.39, 0.29) is 24.5 Å². The van der Waals surface area contributed by atoms with Crippen LogP contribution in [0.25, 0.3) is 0 Å². The minimum absolute atomic E-state index is 0.0929. The minimum Gasteiger partial charge on any atom is -0.487 e. The van der Waals surface area contributed by atoms with Crippen LogP contribution in [-0.4, -0.2) is 35.2 Å². The number of hydrogen-bond acceptors (Lipinski definition) is 5. The molecule has 0 radical (unpaired) electrons. The third-order valence-corrected chi connectivity index (χ3v) is 3.04. The molecule has 0 saturated heterocycles. The zero-order valence-electron chi connectivity index (χ0n) is 12.2. The van der Waals surface area contributed by atoms with E-state index in [0.717, 1.165) is 5.56 Å². The van der Waals surface area contributed by atoms with E-state index in [9.17, 15) is 14.9 Å². The number of nitro groups is 1. The molecule has 0 aliphatic heterocycles. The van der Waals surface area contributed by atoms with Crippen LogP contribution in [-0.2, 0) is 11.2 Å². The van der Waals surface area contributed by atoms with Crippen LogP contribution >= 0.6 is 0 Å². The molecule has 7 nitrogen and oxygen atoms in total. The summed E-state index contributed by atoms with van der Waals surface area (Å²) in [5.74, 6) is -0.797. The van der Waals surface area contributed by atoms with Gasteiger partial charge in [-0.05, 0) is 24.6 Å². The summed E-state index contributed by atoms with van der Waals surface area (Å²) < 4.78 is 5.38. The number of nitrogens with zero attached hydrogens (tertiary/aromatic N) is 1. The van der Waals surface area contributed by atoms with Gasteiger partial charge in [0.15, 0.2) is 5.75 Å². The molecule has 0 bridgehead atoms. The van der Waals surface area contributed by atoms with E-state index in [0.29, 0.717) is 13.0 Å². The smallest absolute Gasteiger partial charge is 0.320 e. The molecule has 0 heterocycles. The minimum atomic E-state index is -0.962. The van der Waals surface area contributed by atoms with Gasteiger partial charge in [-0.1, -0.05) is 19.9 Å². The Labute approximate surface area is 123 Å². The Hall–Kier alpha value is -2.15. The number of rotatable bonds is 9. The van der Waals surface area contributed by atoms with E-state index in [2.05, 4.69) is 5.32 Å². The second-order valence-corrected chi connectivity index (χ2v) is 4.50. The van der Waals surface area contributed by atoms with E-state index in [1.54, 1.807) is 12.1 Å². The molecule has 2 N–H and O–H groups in total. The summed E-state index contributed by atoms with van der Waals surface area (Å²) in [5.41, 5.74) is 0.759. The first-order valence-corrected chi connectivity index (χ1v) is 6.85. The Morgan fingerprint density at radius 3 is 2.71 bits per heavy atom. The average Bonchev–Trinajstić information content (AvgIpc) is 2.46. The van der Waals surface area contributed by atoms with Crippen LogP contribution in [0.2, 0.25) is 0 Å². The van der Waals surface area contributed by atoms with Crippen molar-refractivity contribution in [2.24, 2.45) is 0 Å². The Balaban J connectivity index is 2.70. The van der Waals surface area contributed by atoms with Crippen molar-refractivity contribution in [3.63, 3.8) is 0 Å². The molecule has 1 atom stereocenters. The number of carboxylic acid groups (broad SMARTS) is 1. The molecule has 1 rings (SSSR count). The first-order valence-electron chi connectivity index (χ1n) is 6.85. The molecule has 1 unspecified atom stereocenters. The van der Waals surface area contributed by atoms with Crippen LogP contribution in [0.5, 0.6) is 5.75 Å². The van der Waals surface area contributed by atoms with Crippen LogP contribution in [0.3, 0.4) is 0 Å². The molecule has 0 saturated carbocycles. The largest absolute Gasteiger partial charge is 0.487 e. The van der Waals surface area contributed by atoms with Gasteiger partial charge < -0.3 is 15.2 Å². The lowest BCUT2D eigenvalue weighted by Gasteiger charge is -2.13.